The summed E-state index contributed by atoms with van der Waals surface area (Å²) in [5.41, 5.74) is 0.219. The molecule has 3 fully saturated rings. The van der Waals surface area contributed by atoms with Crippen molar-refractivity contribution in [1.29, 1.82) is 0 Å². The Morgan fingerprint density at radius 1 is 1.14 bits per heavy atom. The third kappa shape index (κ3) is 7.27. The average molecular weight is 510 g/mol. The molecule has 0 radical (unpaired) electrons. The van der Waals surface area contributed by atoms with Crippen LogP contribution >= 0.6 is 24.0 Å². The van der Waals surface area contributed by atoms with Gasteiger partial charge in [-0.2, -0.15) is 0 Å². The standard InChI is InChI=1S/C20H38N4O3.HI/c1-21-19(22-9-5-12-26-16-18-6-4-13-27-18)23-17-20(7-14-25-15-8-20)24-10-2-3-11-24;/h18H,2-17H2,1H3,(H2,21,22,23);1H. The highest BCUT2D eigenvalue weighted by Crippen LogP contribution is 2.30. The molecule has 3 aliphatic heterocycles. The van der Waals surface area contributed by atoms with E-state index in [4.69, 9.17) is 14.2 Å². The van der Waals surface area contributed by atoms with Gasteiger partial charge in [0.15, 0.2) is 5.96 Å². The number of aliphatic imine (C=N–C) groups is 1. The fraction of sp³-hybridized carbons (Fsp3) is 0.950. The highest BCUT2D eigenvalue weighted by atomic mass is 127. The smallest absolute Gasteiger partial charge is 0.191 e. The molecule has 0 aromatic rings. The lowest BCUT2D eigenvalue weighted by Crippen LogP contribution is -2.58. The SMILES string of the molecule is CN=C(NCCCOCC1CCCO1)NCC1(N2CCCC2)CCOCC1.I. The van der Waals surface area contributed by atoms with Crippen molar-refractivity contribution in [2.75, 3.05) is 66.3 Å². The van der Waals surface area contributed by atoms with Crippen LogP contribution in [0.4, 0.5) is 0 Å². The van der Waals surface area contributed by atoms with Crippen molar-refractivity contribution in [2.45, 2.75) is 56.6 Å². The van der Waals surface area contributed by atoms with E-state index in [0.29, 0.717) is 6.10 Å². The van der Waals surface area contributed by atoms with Crippen molar-refractivity contribution in [3.63, 3.8) is 0 Å². The van der Waals surface area contributed by atoms with Crippen LogP contribution in [0.3, 0.4) is 0 Å². The summed E-state index contributed by atoms with van der Waals surface area (Å²) in [6.45, 7) is 8.36. The molecule has 7 nitrogen and oxygen atoms in total. The first-order chi connectivity index (χ1) is 13.3. The zero-order valence-corrected chi connectivity index (χ0v) is 19.7. The molecule has 1 atom stereocenters. The molecule has 0 bridgehead atoms. The number of nitrogens with one attached hydrogen (secondary N) is 2. The maximum Gasteiger partial charge on any atom is 0.191 e. The summed E-state index contributed by atoms with van der Waals surface area (Å²) in [7, 11) is 1.84. The van der Waals surface area contributed by atoms with E-state index in [2.05, 4.69) is 20.5 Å². The highest BCUT2D eigenvalue weighted by molar-refractivity contribution is 14.0. The van der Waals surface area contributed by atoms with Gasteiger partial charge in [-0.15, -0.1) is 24.0 Å². The molecule has 3 heterocycles. The molecule has 1 unspecified atom stereocenters. The number of likely N-dealkylation sites (tertiary alicyclic amines) is 1. The molecule has 0 saturated carbocycles. The van der Waals surface area contributed by atoms with Crippen molar-refractivity contribution < 1.29 is 14.2 Å². The van der Waals surface area contributed by atoms with Crippen LogP contribution in [0.2, 0.25) is 0 Å². The summed E-state index contributed by atoms with van der Waals surface area (Å²) in [5, 5.41) is 7.00. The van der Waals surface area contributed by atoms with Crippen LogP contribution in [-0.4, -0.2) is 88.8 Å². The van der Waals surface area contributed by atoms with E-state index in [-0.39, 0.29) is 29.5 Å². The number of ether oxygens (including phenoxy) is 3. The summed E-state index contributed by atoms with van der Waals surface area (Å²) in [6, 6.07) is 0. The van der Waals surface area contributed by atoms with Gasteiger partial charge in [-0.1, -0.05) is 0 Å². The molecule has 0 aromatic carbocycles. The molecule has 8 heteroatoms. The summed E-state index contributed by atoms with van der Waals surface area (Å²) < 4.78 is 16.9. The minimum absolute atomic E-state index is 0. The van der Waals surface area contributed by atoms with Crippen LogP contribution in [0, 0.1) is 0 Å². The van der Waals surface area contributed by atoms with Crippen molar-refractivity contribution in [3.8, 4) is 0 Å². The normalized spacial score (nSPS) is 25.5. The lowest BCUT2D eigenvalue weighted by atomic mass is 9.88. The molecule has 0 aromatic heterocycles. The summed E-state index contributed by atoms with van der Waals surface area (Å²) in [4.78, 5) is 7.07. The van der Waals surface area contributed by atoms with Crippen molar-refractivity contribution >= 4 is 29.9 Å². The molecule has 28 heavy (non-hydrogen) atoms. The second kappa shape index (κ2) is 13.2. The van der Waals surface area contributed by atoms with Gasteiger partial charge in [0.2, 0.25) is 0 Å². The minimum Gasteiger partial charge on any atom is -0.381 e. The Morgan fingerprint density at radius 3 is 2.61 bits per heavy atom. The first kappa shape index (κ1) is 24.1. The van der Waals surface area contributed by atoms with E-state index in [1.807, 2.05) is 7.05 Å². The van der Waals surface area contributed by atoms with E-state index in [1.165, 1.54) is 32.4 Å². The molecular weight excluding hydrogens is 471 g/mol. The van der Waals surface area contributed by atoms with Gasteiger partial charge in [-0.3, -0.25) is 9.89 Å². The topological polar surface area (TPSA) is 67.4 Å². The number of hydrogen-bond donors (Lipinski definition) is 2. The lowest BCUT2D eigenvalue weighted by molar-refractivity contribution is -0.0164. The lowest BCUT2D eigenvalue weighted by Gasteiger charge is -2.45. The Morgan fingerprint density at radius 2 is 1.93 bits per heavy atom. The molecule has 3 rings (SSSR count). The quantitative estimate of drug-likeness (QED) is 0.214. The Balaban J connectivity index is 0.00000280. The number of guanidine groups is 1. The Hall–Kier alpha value is -0.160. The molecule has 0 amide bonds. The summed E-state index contributed by atoms with van der Waals surface area (Å²) in [5.74, 6) is 0.888. The van der Waals surface area contributed by atoms with Gasteiger partial charge in [-0.05, 0) is 58.0 Å². The maximum atomic E-state index is 5.73. The predicted octanol–water partition coefficient (Wildman–Crippen LogP) is 2.00. The minimum atomic E-state index is 0. The number of nitrogens with zero attached hydrogens (tertiary/aromatic N) is 2. The van der Waals surface area contributed by atoms with Crippen LogP contribution < -0.4 is 10.6 Å². The van der Waals surface area contributed by atoms with Gasteiger partial charge in [0.1, 0.15) is 0 Å². The van der Waals surface area contributed by atoms with Crippen LogP contribution in [-0.2, 0) is 14.2 Å². The third-order valence-electron chi connectivity index (χ3n) is 6.09. The number of rotatable bonds is 9. The predicted molar refractivity (Wildman–Crippen MR) is 123 cm³/mol. The summed E-state index contributed by atoms with van der Waals surface area (Å²) in [6.07, 6.45) is 8.44. The number of hydrogen-bond acceptors (Lipinski definition) is 5. The van der Waals surface area contributed by atoms with E-state index in [1.54, 1.807) is 0 Å². The van der Waals surface area contributed by atoms with Gasteiger partial charge in [0, 0.05) is 52.1 Å². The monoisotopic (exact) mass is 510 g/mol. The van der Waals surface area contributed by atoms with E-state index in [0.717, 1.165) is 77.8 Å². The van der Waals surface area contributed by atoms with Gasteiger partial charge in [-0.25, -0.2) is 0 Å². The van der Waals surface area contributed by atoms with Crippen LogP contribution in [0.5, 0.6) is 0 Å². The Labute approximate surface area is 187 Å². The Bertz CT molecular complexity index is 449. The second-order valence-corrected chi connectivity index (χ2v) is 7.95. The number of halogens is 1. The average Bonchev–Trinajstić information content (AvgIpc) is 3.42. The third-order valence-corrected chi connectivity index (χ3v) is 6.09. The fourth-order valence-corrected chi connectivity index (χ4v) is 4.39. The van der Waals surface area contributed by atoms with Crippen molar-refractivity contribution in [3.05, 3.63) is 0 Å². The molecular formula is C20H39IN4O3. The van der Waals surface area contributed by atoms with Crippen LogP contribution in [0.25, 0.3) is 0 Å². The molecule has 0 aliphatic carbocycles. The van der Waals surface area contributed by atoms with Gasteiger partial charge >= 0.3 is 0 Å². The molecule has 164 valence electrons. The molecule has 0 spiro atoms. The van der Waals surface area contributed by atoms with Gasteiger partial charge in [0.05, 0.1) is 12.7 Å². The first-order valence-corrected chi connectivity index (χ1v) is 10.8. The zero-order chi connectivity index (χ0) is 18.8. The second-order valence-electron chi connectivity index (χ2n) is 7.95. The van der Waals surface area contributed by atoms with Crippen LogP contribution in [0.1, 0.15) is 44.9 Å². The zero-order valence-electron chi connectivity index (χ0n) is 17.4. The fourth-order valence-electron chi connectivity index (χ4n) is 4.39. The first-order valence-electron chi connectivity index (χ1n) is 10.8. The molecule has 2 N–H and O–H groups in total. The summed E-state index contributed by atoms with van der Waals surface area (Å²) >= 11 is 0. The van der Waals surface area contributed by atoms with Crippen molar-refractivity contribution in [1.82, 2.24) is 15.5 Å². The largest absolute Gasteiger partial charge is 0.381 e. The van der Waals surface area contributed by atoms with E-state index >= 15 is 0 Å². The van der Waals surface area contributed by atoms with E-state index in [9.17, 15) is 0 Å². The maximum absolute atomic E-state index is 5.73. The molecule has 3 saturated heterocycles. The van der Waals surface area contributed by atoms with Crippen molar-refractivity contribution in [2.24, 2.45) is 4.99 Å². The van der Waals surface area contributed by atoms with Gasteiger partial charge in [0.25, 0.3) is 0 Å². The highest BCUT2D eigenvalue weighted by Gasteiger charge is 2.39. The van der Waals surface area contributed by atoms with E-state index < -0.39 is 0 Å². The van der Waals surface area contributed by atoms with Crippen LogP contribution in [0.15, 0.2) is 4.99 Å². The van der Waals surface area contributed by atoms with Gasteiger partial charge < -0.3 is 24.8 Å². The molecule has 3 aliphatic rings. The Kier molecular flexibility index (Phi) is 11.4.